The van der Waals surface area contributed by atoms with Crippen LogP contribution < -0.4 is 10.6 Å². The van der Waals surface area contributed by atoms with Gasteiger partial charge >= 0.3 is 5.97 Å². The molecule has 2 aliphatic heterocycles. The number of nitrogens with zero attached hydrogens (tertiary/aromatic N) is 7. The first-order valence-electron chi connectivity index (χ1n) is 12.8. The van der Waals surface area contributed by atoms with E-state index in [1.807, 2.05) is 12.1 Å². The maximum absolute atomic E-state index is 11.1. The SMILES string of the molecule is Cl.Nc1nc(N2CCCC(CN3CCC(c4ccc(C(=O)O)cc4)CC3)C2)nc2nc(-c3ccco3)nn12. The van der Waals surface area contributed by atoms with Crippen LogP contribution in [0.4, 0.5) is 11.9 Å². The molecular weight excluding hydrogens is 508 g/mol. The standard InChI is InChI=1S/C26H30N8O3.ClH/c27-24-29-25(30-26-28-22(31-34(24)26)21-4-2-14-37-21)33-11-1-3-17(16-33)15-32-12-9-19(10-13-32)18-5-7-20(8-6-18)23(35)36;/h2,4-8,14,17,19H,1,3,9-13,15-16H2,(H,35,36)(H2,27,28,29,30,31);1H. The van der Waals surface area contributed by atoms with Crippen LogP contribution >= 0.6 is 12.4 Å². The highest BCUT2D eigenvalue weighted by Crippen LogP contribution is 2.30. The molecule has 0 bridgehead atoms. The first-order chi connectivity index (χ1) is 18.0. The third-order valence-corrected chi connectivity index (χ3v) is 7.50. The lowest BCUT2D eigenvalue weighted by Crippen LogP contribution is -2.43. The van der Waals surface area contributed by atoms with E-state index < -0.39 is 5.97 Å². The van der Waals surface area contributed by atoms with Crippen molar-refractivity contribution in [1.29, 1.82) is 0 Å². The highest BCUT2D eigenvalue weighted by Gasteiger charge is 2.27. The van der Waals surface area contributed by atoms with Gasteiger partial charge < -0.3 is 25.1 Å². The largest absolute Gasteiger partial charge is 0.478 e. The minimum absolute atomic E-state index is 0. The van der Waals surface area contributed by atoms with E-state index in [-0.39, 0.29) is 18.4 Å². The van der Waals surface area contributed by atoms with E-state index >= 15 is 0 Å². The summed E-state index contributed by atoms with van der Waals surface area (Å²) >= 11 is 0. The average molecular weight is 539 g/mol. The minimum atomic E-state index is -0.879. The summed E-state index contributed by atoms with van der Waals surface area (Å²) in [5.41, 5.74) is 7.79. The number of nitrogens with two attached hydrogens (primary N) is 1. The molecule has 0 saturated carbocycles. The van der Waals surface area contributed by atoms with Crippen LogP contribution in [-0.2, 0) is 0 Å². The molecule has 2 saturated heterocycles. The van der Waals surface area contributed by atoms with E-state index in [4.69, 9.17) is 15.3 Å². The molecule has 3 N–H and O–H groups in total. The number of hydrogen-bond acceptors (Lipinski definition) is 9. The van der Waals surface area contributed by atoms with Gasteiger partial charge in [-0.2, -0.15) is 19.5 Å². The molecule has 0 amide bonds. The van der Waals surface area contributed by atoms with Crippen molar-refractivity contribution in [2.45, 2.75) is 31.6 Å². The number of carboxylic acid groups (broad SMARTS) is 1. The van der Waals surface area contributed by atoms with Gasteiger partial charge in [0, 0.05) is 19.6 Å². The molecule has 3 aromatic heterocycles. The third kappa shape index (κ3) is 5.30. The number of nitrogen functional groups attached to an aromatic ring is 1. The Morgan fingerprint density at radius 2 is 1.84 bits per heavy atom. The van der Waals surface area contributed by atoms with E-state index in [0.29, 0.717) is 40.7 Å². The monoisotopic (exact) mass is 538 g/mol. The van der Waals surface area contributed by atoms with Gasteiger partial charge in [-0.1, -0.05) is 12.1 Å². The second kappa shape index (κ2) is 11.0. The molecule has 200 valence electrons. The number of rotatable bonds is 6. The van der Waals surface area contributed by atoms with Crippen LogP contribution in [0.2, 0.25) is 0 Å². The molecular formula is C26H31ClN8O3. The van der Waals surface area contributed by atoms with Crippen LogP contribution in [0, 0.1) is 5.92 Å². The van der Waals surface area contributed by atoms with Gasteiger partial charge in [-0.25, -0.2) is 4.79 Å². The van der Waals surface area contributed by atoms with Gasteiger partial charge in [0.2, 0.25) is 17.7 Å². The molecule has 0 radical (unpaired) electrons. The number of piperidine rings is 2. The Labute approximate surface area is 226 Å². The fourth-order valence-corrected chi connectivity index (χ4v) is 5.55. The molecule has 38 heavy (non-hydrogen) atoms. The van der Waals surface area contributed by atoms with Crippen LogP contribution in [-0.4, -0.2) is 73.3 Å². The summed E-state index contributed by atoms with van der Waals surface area (Å²) in [6.07, 6.45) is 6.01. The molecule has 11 nitrogen and oxygen atoms in total. The normalized spacial score (nSPS) is 18.9. The quantitative estimate of drug-likeness (QED) is 0.374. The van der Waals surface area contributed by atoms with Crippen molar-refractivity contribution in [1.82, 2.24) is 29.5 Å². The summed E-state index contributed by atoms with van der Waals surface area (Å²) in [5, 5.41) is 13.5. The van der Waals surface area contributed by atoms with Crippen LogP contribution in [0.5, 0.6) is 0 Å². The zero-order chi connectivity index (χ0) is 25.4. The third-order valence-electron chi connectivity index (χ3n) is 7.50. The van der Waals surface area contributed by atoms with Crippen LogP contribution in [0.3, 0.4) is 0 Å². The molecule has 0 spiro atoms. The zero-order valence-electron chi connectivity index (χ0n) is 20.9. The van der Waals surface area contributed by atoms with Crippen molar-refractivity contribution in [2.75, 3.05) is 43.4 Å². The number of halogens is 1. The van der Waals surface area contributed by atoms with Gasteiger partial charge in [0.15, 0.2) is 5.76 Å². The first-order valence-corrected chi connectivity index (χ1v) is 12.8. The molecule has 2 aliphatic rings. The minimum Gasteiger partial charge on any atom is -0.478 e. The molecule has 2 fully saturated rings. The summed E-state index contributed by atoms with van der Waals surface area (Å²) in [4.78, 5) is 29.6. The lowest BCUT2D eigenvalue weighted by molar-refractivity contribution is 0.0697. The number of hydrogen-bond donors (Lipinski definition) is 2. The number of aromatic nitrogens is 5. The Morgan fingerprint density at radius 1 is 1.05 bits per heavy atom. The van der Waals surface area contributed by atoms with Crippen molar-refractivity contribution in [2.24, 2.45) is 5.92 Å². The van der Waals surface area contributed by atoms with E-state index in [2.05, 4.69) is 29.9 Å². The van der Waals surface area contributed by atoms with E-state index in [1.165, 1.54) is 16.5 Å². The van der Waals surface area contributed by atoms with Gasteiger partial charge in [0.05, 0.1) is 11.8 Å². The van der Waals surface area contributed by atoms with Crippen LogP contribution in [0.1, 0.15) is 47.5 Å². The summed E-state index contributed by atoms with van der Waals surface area (Å²) in [6, 6.07) is 11.0. The van der Waals surface area contributed by atoms with Gasteiger partial charge in [-0.15, -0.1) is 17.5 Å². The van der Waals surface area contributed by atoms with Crippen LogP contribution in [0.15, 0.2) is 47.1 Å². The number of benzene rings is 1. The maximum atomic E-state index is 11.1. The molecule has 1 unspecified atom stereocenters. The number of aromatic carboxylic acids is 1. The van der Waals surface area contributed by atoms with E-state index in [1.54, 1.807) is 30.5 Å². The zero-order valence-corrected chi connectivity index (χ0v) is 21.8. The number of anilines is 2. The van der Waals surface area contributed by atoms with Crippen LogP contribution in [0.25, 0.3) is 17.4 Å². The number of carbonyl (C=O) groups is 1. The highest BCUT2D eigenvalue weighted by molar-refractivity contribution is 5.87. The second-order valence-corrected chi connectivity index (χ2v) is 9.96. The Bertz CT molecular complexity index is 1380. The lowest BCUT2D eigenvalue weighted by atomic mass is 9.88. The van der Waals surface area contributed by atoms with Crippen molar-refractivity contribution in [3.05, 3.63) is 53.8 Å². The van der Waals surface area contributed by atoms with E-state index in [9.17, 15) is 4.79 Å². The summed E-state index contributed by atoms with van der Waals surface area (Å²) in [6.45, 7) is 4.91. The molecule has 1 aromatic carbocycles. The van der Waals surface area contributed by atoms with Gasteiger partial charge in [-0.3, -0.25) is 0 Å². The molecule has 5 heterocycles. The number of likely N-dealkylation sites (tertiary alicyclic amines) is 1. The molecule has 12 heteroatoms. The van der Waals surface area contributed by atoms with E-state index in [0.717, 1.165) is 52.0 Å². The molecule has 1 atom stereocenters. The Balaban J connectivity index is 0.00000294. The predicted octanol–water partition coefficient (Wildman–Crippen LogP) is 3.58. The van der Waals surface area contributed by atoms with Crippen molar-refractivity contribution < 1.29 is 14.3 Å². The fourth-order valence-electron chi connectivity index (χ4n) is 5.55. The smallest absolute Gasteiger partial charge is 0.335 e. The molecule has 6 rings (SSSR count). The van der Waals surface area contributed by atoms with Gasteiger partial charge in [-0.05, 0) is 80.4 Å². The number of furan rings is 1. The lowest BCUT2D eigenvalue weighted by Gasteiger charge is -2.38. The second-order valence-electron chi connectivity index (χ2n) is 9.96. The Hall–Kier alpha value is -3.70. The first kappa shape index (κ1) is 25.9. The van der Waals surface area contributed by atoms with Crippen molar-refractivity contribution in [3.63, 3.8) is 0 Å². The number of fused-ring (bicyclic) bond motifs is 1. The fraction of sp³-hybridized carbons (Fsp3) is 0.423. The Morgan fingerprint density at radius 3 is 2.55 bits per heavy atom. The maximum Gasteiger partial charge on any atom is 0.335 e. The topological polar surface area (TPSA) is 139 Å². The number of carboxylic acids is 1. The van der Waals surface area contributed by atoms with Crippen molar-refractivity contribution >= 4 is 36.1 Å². The predicted molar refractivity (Wildman–Crippen MR) is 145 cm³/mol. The van der Waals surface area contributed by atoms with Crippen molar-refractivity contribution in [3.8, 4) is 11.6 Å². The Kier molecular flexibility index (Phi) is 7.48. The highest BCUT2D eigenvalue weighted by atomic mass is 35.5. The van der Waals surface area contributed by atoms with Gasteiger partial charge in [0.1, 0.15) is 0 Å². The summed E-state index contributed by atoms with van der Waals surface area (Å²) < 4.78 is 6.85. The molecule has 0 aliphatic carbocycles. The van der Waals surface area contributed by atoms with Gasteiger partial charge in [0.25, 0.3) is 5.78 Å². The molecule has 4 aromatic rings. The average Bonchev–Trinajstić information content (AvgIpc) is 3.60. The summed E-state index contributed by atoms with van der Waals surface area (Å²) in [5.74, 6) is 2.39. The summed E-state index contributed by atoms with van der Waals surface area (Å²) in [7, 11) is 0.